The molecule has 0 amide bonds. The van der Waals surface area contributed by atoms with Crippen LogP contribution in [0.2, 0.25) is 10.0 Å². The first-order valence-electron chi connectivity index (χ1n) is 7.16. The van der Waals surface area contributed by atoms with E-state index in [2.05, 4.69) is 21.4 Å². The van der Waals surface area contributed by atoms with E-state index >= 15 is 0 Å². The summed E-state index contributed by atoms with van der Waals surface area (Å²) < 4.78 is 1.54. The lowest BCUT2D eigenvalue weighted by Gasteiger charge is -2.03. The van der Waals surface area contributed by atoms with Gasteiger partial charge in [-0.25, -0.2) is 4.68 Å². The molecule has 1 N–H and O–H groups in total. The topological polar surface area (TPSA) is 86.6 Å². The Balaban J connectivity index is 2.10. The summed E-state index contributed by atoms with van der Waals surface area (Å²) in [4.78, 5) is 0. The van der Waals surface area contributed by atoms with Crippen molar-refractivity contribution in [1.82, 2.24) is 9.78 Å². The van der Waals surface area contributed by atoms with Crippen LogP contribution >= 0.6 is 23.2 Å². The summed E-state index contributed by atoms with van der Waals surface area (Å²) in [6, 6.07) is 14.2. The van der Waals surface area contributed by atoms with Crippen LogP contribution in [0.1, 0.15) is 11.3 Å². The van der Waals surface area contributed by atoms with Gasteiger partial charge in [0.15, 0.2) is 11.6 Å². The smallest absolute Gasteiger partial charge is 0.196 e. The van der Waals surface area contributed by atoms with Crippen molar-refractivity contribution in [2.45, 2.75) is 6.92 Å². The average molecular weight is 372 g/mol. The number of rotatable bonds is 3. The van der Waals surface area contributed by atoms with Crippen molar-refractivity contribution in [3.63, 3.8) is 0 Å². The molecule has 0 radical (unpaired) electrons. The van der Waals surface area contributed by atoms with E-state index in [-0.39, 0.29) is 15.8 Å². The van der Waals surface area contributed by atoms with Crippen LogP contribution in [0.3, 0.4) is 0 Å². The Kier molecular flexibility index (Phi) is 4.70. The van der Waals surface area contributed by atoms with Crippen molar-refractivity contribution < 1.29 is 5.11 Å². The van der Waals surface area contributed by atoms with Crippen LogP contribution in [0.15, 0.2) is 52.7 Å². The summed E-state index contributed by atoms with van der Waals surface area (Å²) in [5, 5.41) is 31.7. The van der Waals surface area contributed by atoms with E-state index in [0.29, 0.717) is 22.8 Å². The van der Waals surface area contributed by atoms with Crippen LogP contribution in [-0.4, -0.2) is 14.9 Å². The lowest BCUT2D eigenvalue weighted by molar-refractivity contribution is 0.476. The minimum absolute atomic E-state index is 0.0645. The average Bonchev–Trinajstić information content (AvgIpc) is 2.94. The fraction of sp³-hybridized carbons (Fsp3) is 0.0588. The molecule has 0 aliphatic heterocycles. The molecule has 3 rings (SSSR count). The van der Waals surface area contributed by atoms with Crippen LogP contribution in [0, 0.1) is 18.3 Å². The molecule has 8 heteroatoms. The number of aromatic hydroxyl groups is 1. The third-order valence-corrected chi connectivity index (χ3v) is 3.99. The predicted octanol–water partition coefficient (Wildman–Crippen LogP) is 5.48. The van der Waals surface area contributed by atoms with Gasteiger partial charge >= 0.3 is 0 Å². The highest BCUT2D eigenvalue weighted by molar-refractivity contribution is 6.37. The van der Waals surface area contributed by atoms with Crippen molar-refractivity contribution in [3.8, 4) is 17.5 Å². The zero-order valence-electron chi connectivity index (χ0n) is 13.0. The van der Waals surface area contributed by atoms with Gasteiger partial charge in [0.2, 0.25) is 0 Å². The minimum atomic E-state index is -0.217. The number of halogens is 2. The molecule has 0 saturated heterocycles. The fourth-order valence-corrected chi connectivity index (χ4v) is 2.68. The van der Waals surface area contributed by atoms with Crippen LogP contribution in [0.4, 0.5) is 11.5 Å². The number of phenols is 1. The molecule has 124 valence electrons. The van der Waals surface area contributed by atoms with Gasteiger partial charge in [-0.05, 0) is 31.2 Å². The Bertz CT molecular complexity index is 983. The number of para-hydroxylation sites is 1. The van der Waals surface area contributed by atoms with Crippen LogP contribution in [0.25, 0.3) is 5.69 Å². The molecule has 0 saturated carbocycles. The molecule has 0 bridgehead atoms. The number of nitrogens with zero attached hydrogens (tertiary/aromatic N) is 5. The summed E-state index contributed by atoms with van der Waals surface area (Å²) in [6.45, 7) is 1.73. The van der Waals surface area contributed by atoms with Crippen molar-refractivity contribution >= 4 is 34.7 Å². The van der Waals surface area contributed by atoms with Crippen LogP contribution in [0.5, 0.6) is 5.75 Å². The quantitative estimate of drug-likeness (QED) is 0.618. The molecule has 0 fully saturated rings. The first kappa shape index (κ1) is 17.0. The maximum absolute atomic E-state index is 9.60. The number of phenolic OH excluding ortho intramolecular Hbond substituents is 1. The molecule has 6 nitrogen and oxygen atoms in total. The fourth-order valence-electron chi connectivity index (χ4n) is 2.20. The van der Waals surface area contributed by atoms with E-state index in [1.165, 1.54) is 12.1 Å². The van der Waals surface area contributed by atoms with E-state index in [1.54, 1.807) is 11.6 Å². The Labute approximate surface area is 153 Å². The van der Waals surface area contributed by atoms with E-state index in [9.17, 15) is 10.4 Å². The Morgan fingerprint density at radius 1 is 1.12 bits per heavy atom. The second-order valence-electron chi connectivity index (χ2n) is 5.10. The summed E-state index contributed by atoms with van der Waals surface area (Å²) in [5.74, 6) is 0.0803. The van der Waals surface area contributed by atoms with E-state index in [1.807, 2.05) is 30.3 Å². The molecule has 0 aliphatic rings. The molecule has 0 atom stereocenters. The first-order chi connectivity index (χ1) is 12.0. The maximum atomic E-state index is 9.60. The standard InChI is InChI=1S/C17H11Cl2N5O/c1-10-13(9-20)17(24(23-10)12-5-3-2-4-6-12)22-21-11-7-14(18)16(25)15(19)8-11/h2-8,25H,1H3. The highest BCUT2D eigenvalue weighted by atomic mass is 35.5. The number of benzene rings is 2. The molecule has 1 heterocycles. The summed E-state index contributed by atoms with van der Waals surface area (Å²) in [5.41, 5.74) is 1.96. The molecule has 25 heavy (non-hydrogen) atoms. The number of nitriles is 1. The van der Waals surface area contributed by atoms with Gasteiger partial charge < -0.3 is 5.11 Å². The lowest BCUT2D eigenvalue weighted by atomic mass is 10.2. The van der Waals surface area contributed by atoms with Crippen molar-refractivity contribution in [2.24, 2.45) is 10.2 Å². The van der Waals surface area contributed by atoms with Crippen LogP contribution < -0.4 is 0 Å². The van der Waals surface area contributed by atoms with Crippen molar-refractivity contribution in [2.75, 3.05) is 0 Å². The molecule has 0 aliphatic carbocycles. The normalized spacial score (nSPS) is 11.0. The Morgan fingerprint density at radius 2 is 1.76 bits per heavy atom. The second-order valence-corrected chi connectivity index (χ2v) is 5.92. The highest BCUT2D eigenvalue weighted by Crippen LogP contribution is 2.36. The third kappa shape index (κ3) is 3.33. The molecule has 2 aromatic carbocycles. The van der Waals surface area contributed by atoms with E-state index in [0.717, 1.165) is 5.69 Å². The van der Waals surface area contributed by atoms with Gasteiger partial charge in [0.25, 0.3) is 0 Å². The van der Waals surface area contributed by atoms with Gasteiger partial charge in [-0.3, -0.25) is 0 Å². The molecule has 0 spiro atoms. The number of aryl methyl sites for hydroxylation is 1. The maximum Gasteiger partial charge on any atom is 0.196 e. The number of hydrogen-bond acceptors (Lipinski definition) is 5. The number of aromatic nitrogens is 2. The zero-order chi connectivity index (χ0) is 18.0. The molecular formula is C17H11Cl2N5O. The van der Waals surface area contributed by atoms with Crippen molar-refractivity contribution in [3.05, 3.63) is 63.8 Å². The van der Waals surface area contributed by atoms with E-state index < -0.39 is 0 Å². The summed E-state index contributed by atoms with van der Waals surface area (Å²) >= 11 is 11.8. The molecule has 0 unspecified atom stereocenters. The monoisotopic (exact) mass is 371 g/mol. The first-order valence-corrected chi connectivity index (χ1v) is 7.91. The van der Waals surface area contributed by atoms with E-state index in [4.69, 9.17) is 23.2 Å². The Morgan fingerprint density at radius 3 is 2.36 bits per heavy atom. The summed E-state index contributed by atoms with van der Waals surface area (Å²) in [6.07, 6.45) is 0. The summed E-state index contributed by atoms with van der Waals surface area (Å²) in [7, 11) is 0. The molecule has 1 aromatic heterocycles. The third-order valence-electron chi connectivity index (χ3n) is 3.41. The number of hydrogen-bond donors (Lipinski definition) is 1. The largest absolute Gasteiger partial charge is 0.505 e. The Hall–Kier alpha value is -2.88. The molecular weight excluding hydrogens is 361 g/mol. The van der Waals surface area contributed by atoms with Crippen molar-refractivity contribution in [1.29, 1.82) is 5.26 Å². The van der Waals surface area contributed by atoms with Gasteiger partial charge in [0.05, 0.1) is 27.1 Å². The SMILES string of the molecule is Cc1nn(-c2ccccc2)c(N=Nc2cc(Cl)c(O)c(Cl)c2)c1C#N. The van der Waals surface area contributed by atoms with Crippen LogP contribution in [-0.2, 0) is 0 Å². The van der Waals surface area contributed by atoms with Gasteiger partial charge in [-0.1, -0.05) is 41.4 Å². The highest BCUT2D eigenvalue weighted by Gasteiger charge is 2.16. The lowest BCUT2D eigenvalue weighted by Crippen LogP contribution is -1.95. The zero-order valence-corrected chi connectivity index (χ0v) is 14.5. The molecule has 3 aromatic rings. The van der Waals surface area contributed by atoms with Gasteiger partial charge in [-0.2, -0.15) is 10.4 Å². The van der Waals surface area contributed by atoms with Gasteiger partial charge in [0.1, 0.15) is 11.6 Å². The predicted molar refractivity (Wildman–Crippen MR) is 95.3 cm³/mol. The number of azo groups is 1. The second kappa shape index (κ2) is 6.93. The van der Waals surface area contributed by atoms with Gasteiger partial charge in [-0.15, -0.1) is 10.2 Å². The minimum Gasteiger partial charge on any atom is -0.505 e. The van der Waals surface area contributed by atoms with Gasteiger partial charge in [0, 0.05) is 0 Å².